The summed E-state index contributed by atoms with van der Waals surface area (Å²) in [5, 5.41) is 0. The van der Waals surface area contributed by atoms with Gasteiger partial charge in [-0.25, -0.2) is 0 Å². The lowest BCUT2D eigenvalue weighted by molar-refractivity contribution is -0.160. The van der Waals surface area contributed by atoms with Crippen LogP contribution in [0.1, 0.15) is 46.5 Å². The summed E-state index contributed by atoms with van der Waals surface area (Å²) in [6.45, 7) is 6.13. The standard InChI is InChI=1S/C16H24O4/c1-4-19-14(17)7-5-6-9-16-10-8-13(20-16)11(2)15(18)12(16)3/h8,10-13H,4-7,9H2,1-3H3/t11-,12-,13-,16+/m0/s1. The summed E-state index contributed by atoms with van der Waals surface area (Å²) >= 11 is 0. The third-order valence-corrected chi connectivity index (χ3v) is 4.53. The summed E-state index contributed by atoms with van der Waals surface area (Å²) in [4.78, 5) is 23.5. The summed E-state index contributed by atoms with van der Waals surface area (Å²) in [7, 11) is 0. The first-order valence-corrected chi connectivity index (χ1v) is 7.56. The van der Waals surface area contributed by atoms with E-state index >= 15 is 0 Å². The predicted octanol–water partition coefficient (Wildman–Crippen LogP) is 2.66. The van der Waals surface area contributed by atoms with Crippen molar-refractivity contribution in [2.24, 2.45) is 11.8 Å². The molecule has 0 aromatic carbocycles. The van der Waals surface area contributed by atoms with Crippen molar-refractivity contribution in [1.82, 2.24) is 0 Å². The number of unbranched alkanes of at least 4 members (excludes halogenated alkanes) is 1. The van der Waals surface area contributed by atoms with Crippen LogP contribution in [0, 0.1) is 11.8 Å². The molecule has 1 saturated heterocycles. The van der Waals surface area contributed by atoms with Gasteiger partial charge in [-0.3, -0.25) is 9.59 Å². The molecule has 0 radical (unpaired) electrons. The molecule has 0 unspecified atom stereocenters. The van der Waals surface area contributed by atoms with Crippen LogP contribution in [-0.4, -0.2) is 30.1 Å². The van der Waals surface area contributed by atoms with E-state index in [4.69, 9.17) is 9.47 Å². The molecule has 0 saturated carbocycles. The van der Waals surface area contributed by atoms with Crippen molar-refractivity contribution in [3.8, 4) is 0 Å². The zero-order valence-corrected chi connectivity index (χ0v) is 12.6. The van der Waals surface area contributed by atoms with Crippen molar-refractivity contribution < 1.29 is 19.1 Å². The Balaban J connectivity index is 1.85. The predicted molar refractivity (Wildman–Crippen MR) is 75.2 cm³/mol. The second-order valence-corrected chi connectivity index (χ2v) is 5.82. The molecule has 2 bridgehead atoms. The van der Waals surface area contributed by atoms with Crippen molar-refractivity contribution in [3.63, 3.8) is 0 Å². The van der Waals surface area contributed by atoms with Gasteiger partial charge in [-0.15, -0.1) is 0 Å². The molecular formula is C16H24O4. The highest BCUT2D eigenvalue weighted by Gasteiger charge is 2.51. The largest absolute Gasteiger partial charge is 0.466 e. The molecule has 0 aromatic rings. The Kier molecular flexibility index (Phi) is 4.63. The average molecular weight is 280 g/mol. The van der Waals surface area contributed by atoms with Crippen molar-refractivity contribution in [2.75, 3.05) is 6.61 Å². The van der Waals surface area contributed by atoms with E-state index in [1.807, 2.05) is 26.8 Å². The van der Waals surface area contributed by atoms with E-state index in [0.717, 1.165) is 19.3 Å². The number of rotatable bonds is 6. The Labute approximate surface area is 120 Å². The SMILES string of the molecule is CCOC(=O)CCCC[C@]12C=C[C@H](O1)[C@H](C)C(=O)[C@@H]2C. The number of hydrogen-bond acceptors (Lipinski definition) is 4. The number of Topliss-reactive ketones (excluding diaryl/α,β-unsaturated/α-hetero) is 1. The highest BCUT2D eigenvalue weighted by Crippen LogP contribution is 2.44. The molecule has 0 aromatic heterocycles. The molecule has 4 nitrogen and oxygen atoms in total. The zero-order chi connectivity index (χ0) is 14.8. The average Bonchev–Trinajstić information content (AvgIpc) is 2.83. The first-order valence-electron chi connectivity index (χ1n) is 7.56. The quantitative estimate of drug-likeness (QED) is 0.426. The maximum absolute atomic E-state index is 12.2. The van der Waals surface area contributed by atoms with Crippen LogP contribution >= 0.6 is 0 Å². The highest BCUT2D eigenvalue weighted by atomic mass is 16.5. The fourth-order valence-corrected chi connectivity index (χ4v) is 3.16. The lowest BCUT2D eigenvalue weighted by atomic mass is 9.77. The van der Waals surface area contributed by atoms with E-state index in [9.17, 15) is 9.59 Å². The molecule has 20 heavy (non-hydrogen) atoms. The molecule has 0 amide bonds. The number of esters is 1. The Bertz CT molecular complexity index is 415. The second-order valence-electron chi connectivity index (χ2n) is 5.82. The number of hydrogen-bond donors (Lipinski definition) is 0. The van der Waals surface area contributed by atoms with Gasteiger partial charge in [0.2, 0.25) is 0 Å². The summed E-state index contributed by atoms with van der Waals surface area (Å²) in [6, 6.07) is 0. The first kappa shape index (κ1) is 15.2. The number of carbonyl (C=O) groups excluding carboxylic acids is 2. The maximum atomic E-state index is 12.2. The molecule has 0 N–H and O–H groups in total. The lowest BCUT2D eigenvalue weighted by Gasteiger charge is -2.41. The molecule has 2 aliphatic rings. The van der Waals surface area contributed by atoms with Gasteiger partial charge in [-0.1, -0.05) is 26.0 Å². The monoisotopic (exact) mass is 280 g/mol. The van der Waals surface area contributed by atoms with Crippen LogP contribution in [0.2, 0.25) is 0 Å². The molecule has 2 aliphatic heterocycles. The Hall–Kier alpha value is -1.16. The number of ether oxygens (including phenoxy) is 2. The van der Waals surface area contributed by atoms with E-state index in [-0.39, 0.29) is 29.7 Å². The minimum Gasteiger partial charge on any atom is -0.466 e. The molecule has 1 fully saturated rings. The smallest absolute Gasteiger partial charge is 0.305 e. The number of fused-ring (bicyclic) bond motifs is 2. The lowest BCUT2D eigenvalue weighted by Crippen LogP contribution is -2.50. The van der Waals surface area contributed by atoms with Gasteiger partial charge >= 0.3 is 5.97 Å². The normalized spacial score (nSPS) is 35.4. The molecule has 0 aliphatic carbocycles. The Morgan fingerprint density at radius 1 is 1.40 bits per heavy atom. The van der Waals surface area contributed by atoms with Crippen LogP contribution in [0.5, 0.6) is 0 Å². The fourth-order valence-electron chi connectivity index (χ4n) is 3.16. The van der Waals surface area contributed by atoms with E-state index in [1.165, 1.54) is 0 Å². The summed E-state index contributed by atoms with van der Waals surface area (Å²) in [6.07, 6.45) is 6.89. The maximum Gasteiger partial charge on any atom is 0.305 e. The van der Waals surface area contributed by atoms with Gasteiger partial charge in [0.15, 0.2) is 0 Å². The first-order chi connectivity index (χ1) is 9.50. The van der Waals surface area contributed by atoms with E-state index in [0.29, 0.717) is 13.0 Å². The van der Waals surface area contributed by atoms with Gasteiger partial charge in [-0.05, 0) is 26.2 Å². The summed E-state index contributed by atoms with van der Waals surface area (Å²) in [5.41, 5.74) is -0.442. The van der Waals surface area contributed by atoms with E-state index in [1.54, 1.807) is 0 Å². The second kappa shape index (κ2) is 6.08. The molecule has 2 heterocycles. The van der Waals surface area contributed by atoms with Gasteiger partial charge in [0.05, 0.1) is 18.3 Å². The number of ketones is 1. The van der Waals surface area contributed by atoms with Gasteiger partial charge in [-0.2, -0.15) is 0 Å². The minimum atomic E-state index is -0.442. The molecule has 112 valence electrons. The Morgan fingerprint density at radius 3 is 2.85 bits per heavy atom. The van der Waals surface area contributed by atoms with Gasteiger partial charge < -0.3 is 9.47 Å². The van der Waals surface area contributed by atoms with Gasteiger partial charge in [0.1, 0.15) is 5.78 Å². The summed E-state index contributed by atoms with van der Waals surface area (Å²) in [5.74, 6) is -0.00436. The van der Waals surface area contributed by atoms with Crippen LogP contribution in [0.25, 0.3) is 0 Å². The Morgan fingerprint density at radius 2 is 2.15 bits per heavy atom. The molecule has 2 rings (SSSR count). The highest BCUT2D eigenvalue weighted by molar-refractivity contribution is 5.86. The molecule has 4 atom stereocenters. The zero-order valence-electron chi connectivity index (χ0n) is 12.6. The molecular weight excluding hydrogens is 256 g/mol. The molecule has 0 spiro atoms. The topological polar surface area (TPSA) is 52.6 Å². The van der Waals surface area contributed by atoms with Crippen LogP contribution in [-0.2, 0) is 19.1 Å². The van der Waals surface area contributed by atoms with E-state index in [2.05, 4.69) is 6.08 Å². The molecule has 4 heteroatoms. The third-order valence-electron chi connectivity index (χ3n) is 4.53. The summed E-state index contributed by atoms with van der Waals surface area (Å²) < 4.78 is 11.0. The van der Waals surface area contributed by atoms with Crippen LogP contribution in [0.4, 0.5) is 0 Å². The van der Waals surface area contributed by atoms with Crippen molar-refractivity contribution >= 4 is 11.8 Å². The van der Waals surface area contributed by atoms with Crippen LogP contribution in [0.15, 0.2) is 12.2 Å². The van der Waals surface area contributed by atoms with Crippen molar-refractivity contribution in [2.45, 2.75) is 58.2 Å². The third kappa shape index (κ3) is 2.80. The number of carbonyl (C=O) groups is 2. The van der Waals surface area contributed by atoms with Crippen LogP contribution < -0.4 is 0 Å². The van der Waals surface area contributed by atoms with Crippen molar-refractivity contribution in [1.29, 1.82) is 0 Å². The van der Waals surface area contributed by atoms with Gasteiger partial charge in [0.25, 0.3) is 0 Å². The van der Waals surface area contributed by atoms with Gasteiger partial charge in [0, 0.05) is 18.3 Å². The van der Waals surface area contributed by atoms with E-state index < -0.39 is 5.60 Å². The fraction of sp³-hybridized carbons (Fsp3) is 0.750. The van der Waals surface area contributed by atoms with Crippen molar-refractivity contribution in [3.05, 3.63) is 12.2 Å². The minimum absolute atomic E-state index is 0.0450. The van der Waals surface area contributed by atoms with Crippen LogP contribution in [0.3, 0.4) is 0 Å².